The van der Waals surface area contributed by atoms with E-state index >= 15 is 0 Å². The molecule has 0 radical (unpaired) electrons. The average Bonchev–Trinajstić information content (AvgIpc) is 2.97. The Morgan fingerprint density at radius 1 is 0.692 bits per heavy atom. The van der Waals surface area contributed by atoms with Crippen molar-refractivity contribution < 1.29 is 14.4 Å². The summed E-state index contributed by atoms with van der Waals surface area (Å²) in [6, 6.07) is 33.1. The van der Waals surface area contributed by atoms with Crippen molar-refractivity contribution in [1.29, 1.82) is 0 Å². The molecule has 0 aromatic heterocycles. The Hall–Kier alpha value is -4.45. The zero-order valence-corrected chi connectivity index (χ0v) is 22.2. The van der Waals surface area contributed by atoms with Crippen LogP contribution in [-0.4, -0.2) is 36.9 Å². The van der Waals surface area contributed by atoms with Gasteiger partial charge in [0.2, 0.25) is 11.8 Å². The Morgan fingerprint density at radius 2 is 1.31 bits per heavy atom. The SMILES string of the molecule is CC(=O)NC(CCCCNC(=O)c1ccc2ccccc2c1)C(=O)NCC(c1ccccc1)c1ccccc1. The van der Waals surface area contributed by atoms with Gasteiger partial charge in [-0.15, -0.1) is 0 Å². The minimum atomic E-state index is -0.633. The standard InChI is InChI=1S/C33H35N3O3/c1-24(37)36-31(18-10-11-21-34-32(38)29-20-19-25-12-8-9-17-28(25)22-29)33(39)35-23-30(26-13-4-2-5-14-26)27-15-6-3-7-16-27/h2-9,12-17,19-20,22,30-31H,10-11,18,21,23H2,1H3,(H,34,38)(H,35,39)(H,36,37). The molecule has 0 saturated heterocycles. The summed E-state index contributed by atoms with van der Waals surface area (Å²) in [6.07, 6.45) is 1.86. The van der Waals surface area contributed by atoms with Gasteiger partial charge in [0.15, 0.2) is 0 Å². The van der Waals surface area contributed by atoms with E-state index in [0.717, 1.165) is 21.9 Å². The van der Waals surface area contributed by atoms with Gasteiger partial charge >= 0.3 is 0 Å². The second-order valence-corrected chi connectivity index (χ2v) is 9.69. The van der Waals surface area contributed by atoms with Crippen LogP contribution in [0.3, 0.4) is 0 Å². The van der Waals surface area contributed by atoms with Crippen LogP contribution in [-0.2, 0) is 9.59 Å². The zero-order valence-electron chi connectivity index (χ0n) is 22.2. The molecule has 0 aliphatic rings. The van der Waals surface area contributed by atoms with Gasteiger partial charge in [0.25, 0.3) is 5.91 Å². The molecule has 200 valence electrons. The van der Waals surface area contributed by atoms with E-state index < -0.39 is 6.04 Å². The quantitative estimate of drug-likeness (QED) is 0.224. The van der Waals surface area contributed by atoms with Crippen molar-refractivity contribution in [3.8, 4) is 0 Å². The maximum atomic E-state index is 13.1. The van der Waals surface area contributed by atoms with Crippen molar-refractivity contribution in [3.05, 3.63) is 120 Å². The van der Waals surface area contributed by atoms with E-state index in [1.807, 2.05) is 78.9 Å². The molecule has 0 aliphatic heterocycles. The molecule has 4 aromatic carbocycles. The lowest BCUT2D eigenvalue weighted by molar-refractivity contribution is -0.128. The van der Waals surface area contributed by atoms with Gasteiger partial charge in [-0.25, -0.2) is 0 Å². The van der Waals surface area contributed by atoms with Crippen LogP contribution in [0.2, 0.25) is 0 Å². The number of carbonyl (C=O) groups is 3. The molecule has 0 spiro atoms. The summed E-state index contributed by atoms with van der Waals surface area (Å²) in [7, 11) is 0. The third-order valence-electron chi connectivity index (χ3n) is 6.80. The first-order valence-corrected chi connectivity index (χ1v) is 13.4. The van der Waals surface area contributed by atoms with Crippen LogP contribution in [0.1, 0.15) is 53.6 Å². The normalized spacial score (nSPS) is 11.6. The fraction of sp³-hybridized carbons (Fsp3) is 0.242. The number of amides is 3. The lowest BCUT2D eigenvalue weighted by Gasteiger charge is -2.22. The van der Waals surface area contributed by atoms with Crippen molar-refractivity contribution in [1.82, 2.24) is 16.0 Å². The number of carbonyl (C=O) groups excluding carboxylic acids is 3. The van der Waals surface area contributed by atoms with Gasteiger partial charge < -0.3 is 16.0 Å². The maximum absolute atomic E-state index is 13.1. The Kier molecular flexibility index (Phi) is 9.84. The highest BCUT2D eigenvalue weighted by molar-refractivity contribution is 5.98. The van der Waals surface area contributed by atoms with Gasteiger partial charge in [0.1, 0.15) is 6.04 Å². The molecule has 0 saturated carbocycles. The number of benzene rings is 4. The first kappa shape index (κ1) is 27.6. The van der Waals surface area contributed by atoms with Crippen molar-refractivity contribution in [2.24, 2.45) is 0 Å². The van der Waals surface area contributed by atoms with Crippen LogP contribution in [0, 0.1) is 0 Å². The van der Waals surface area contributed by atoms with Crippen LogP contribution in [0.5, 0.6) is 0 Å². The topological polar surface area (TPSA) is 87.3 Å². The smallest absolute Gasteiger partial charge is 0.251 e. The summed E-state index contributed by atoms with van der Waals surface area (Å²) in [5, 5.41) is 10.9. The molecule has 6 heteroatoms. The van der Waals surface area contributed by atoms with Crippen molar-refractivity contribution in [2.75, 3.05) is 13.1 Å². The van der Waals surface area contributed by atoms with E-state index in [1.54, 1.807) is 0 Å². The Labute approximate surface area is 229 Å². The predicted molar refractivity (Wildman–Crippen MR) is 155 cm³/mol. The first-order valence-electron chi connectivity index (χ1n) is 13.4. The fourth-order valence-corrected chi connectivity index (χ4v) is 4.75. The Morgan fingerprint density at radius 3 is 1.95 bits per heavy atom. The number of fused-ring (bicyclic) bond motifs is 1. The number of nitrogens with one attached hydrogen (secondary N) is 3. The van der Waals surface area contributed by atoms with Gasteiger partial charge in [0, 0.05) is 31.5 Å². The summed E-state index contributed by atoms with van der Waals surface area (Å²) in [6.45, 7) is 2.33. The number of hydrogen-bond acceptors (Lipinski definition) is 3. The molecule has 0 aliphatic carbocycles. The van der Waals surface area contributed by atoms with Crippen LogP contribution < -0.4 is 16.0 Å². The second-order valence-electron chi connectivity index (χ2n) is 9.69. The van der Waals surface area contributed by atoms with E-state index in [0.29, 0.717) is 37.9 Å². The average molecular weight is 522 g/mol. The highest BCUT2D eigenvalue weighted by atomic mass is 16.2. The summed E-state index contributed by atoms with van der Waals surface area (Å²) >= 11 is 0. The number of hydrogen-bond donors (Lipinski definition) is 3. The highest BCUT2D eigenvalue weighted by Gasteiger charge is 2.21. The number of rotatable bonds is 12. The van der Waals surface area contributed by atoms with E-state index in [1.165, 1.54) is 6.92 Å². The van der Waals surface area contributed by atoms with Gasteiger partial charge in [0.05, 0.1) is 0 Å². The minimum absolute atomic E-state index is 0.000326. The molecule has 3 N–H and O–H groups in total. The summed E-state index contributed by atoms with van der Waals surface area (Å²) in [5.74, 6) is -0.575. The monoisotopic (exact) mass is 521 g/mol. The molecule has 39 heavy (non-hydrogen) atoms. The molecule has 0 fully saturated rings. The van der Waals surface area contributed by atoms with Crippen molar-refractivity contribution >= 4 is 28.5 Å². The van der Waals surface area contributed by atoms with Crippen LogP contribution >= 0.6 is 0 Å². The second kappa shape index (κ2) is 13.9. The summed E-state index contributed by atoms with van der Waals surface area (Å²) < 4.78 is 0. The zero-order chi connectivity index (χ0) is 27.5. The molecular weight excluding hydrogens is 486 g/mol. The van der Waals surface area contributed by atoms with E-state index in [2.05, 4.69) is 40.2 Å². The van der Waals surface area contributed by atoms with Crippen LogP contribution in [0.15, 0.2) is 103 Å². The van der Waals surface area contributed by atoms with Crippen LogP contribution in [0.25, 0.3) is 10.8 Å². The molecule has 0 heterocycles. The van der Waals surface area contributed by atoms with Crippen molar-refractivity contribution in [2.45, 2.75) is 38.1 Å². The lowest BCUT2D eigenvalue weighted by atomic mass is 9.91. The minimum Gasteiger partial charge on any atom is -0.353 e. The molecule has 3 amide bonds. The van der Waals surface area contributed by atoms with E-state index in [9.17, 15) is 14.4 Å². The largest absolute Gasteiger partial charge is 0.353 e. The van der Waals surface area contributed by atoms with E-state index in [-0.39, 0.29) is 23.6 Å². The van der Waals surface area contributed by atoms with Gasteiger partial charge in [-0.3, -0.25) is 14.4 Å². The van der Waals surface area contributed by atoms with Gasteiger partial charge in [-0.2, -0.15) is 0 Å². The number of unbranched alkanes of at least 4 members (excludes halogenated alkanes) is 1. The summed E-state index contributed by atoms with van der Waals surface area (Å²) in [5.41, 5.74) is 2.85. The lowest BCUT2D eigenvalue weighted by Crippen LogP contribution is -2.47. The van der Waals surface area contributed by atoms with Gasteiger partial charge in [-0.05, 0) is 53.3 Å². The third-order valence-corrected chi connectivity index (χ3v) is 6.80. The predicted octanol–water partition coefficient (Wildman–Crippen LogP) is 5.19. The molecule has 1 atom stereocenters. The molecule has 1 unspecified atom stereocenters. The molecule has 6 nitrogen and oxygen atoms in total. The molecule has 4 rings (SSSR count). The maximum Gasteiger partial charge on any atom is 0.251 e. The molecular formula is C33H35N3O3. The van der Waals surface area contributed by atoms with E-state index in [4.69, 9.17) is 0 Å². The molecule has 0 bridgehead atoms. The Balaban J connectivity index is 1.28. The van der Waals surface area contributed by atoms with Crippen molar-refractivity contribution in [3.63, 3.8) is 0 Å². The Bertz CT molecular complexity index is 1350. The highest BCUT2D eigenvalue weighted by Crippen LogP contribution is 2.23. The molecule has 4 aromatic rings. The van der Waals surface area contributed by atoms with Crippen LogP contribution in [0.4, 0.5) is 0 Å². The summed E-state index contributed by atoms with van der Waals surface area (Å²) in [4.78, 5) is 37.5. The third kappa shape index (κ3) is 8.01. The first-order chi connectivity index (χ1) is 19.0. The van der Waals surface area contributed by atoms with Gasteiger partial charge in [-0.1, -0.05) is 91.0 Å². The fourth-order valence-electron chi connectivity index (χ4n) is 4.75.